The minimum absolute atomic E-state index is 0.0249. The molecule has 0 saturated carbocycles. The van der Waals surface area contributed by atoms with E-state index >= 15 is 0 Å². The summed E-state index contributed by atoms with van der Waals surface area (Å²) in [7, 11) is 1.43. The number of carbonyl (C=O) groups excluding carboxylic acids is 1. The maximum atomic E-state index is 11.7. The number of amides is 1. The summed E-state index contributed by atoms with van der Waals surface area (Å²) in [5.74, 6) is -1.51. The lowest BCUT2D eigenvalue weighted by Crippen LogP contribution is -2.37. The minimum Gasteiger partial charge on any atom is -0.504 e. The molecule has 1 aromatic carbocycles. The maximum Gasteiger partial charge on any atom is 0.337 e. The van der Waals surface area contributed by atoms with Crippen LogP contribution in [-0.2, 0) is 9.53 Å². The predicted octanol–water partition coefficient (Wildman–Crippen LogP) is 2.33. The van der Waals surface area contributed by atoms with Crippen molar-refractivity contribution in [3.63, 3.8) is 0 Å². The van der Waals surface area contributed by atoms with Crippen molar-refractivity contribution in [3.05, 3.63) is 40.6 Å². The molecule has 1 aromatic rings. The van der Waals surface area contributed by atoms with Gasteiger partial charge in [0.2, 0.25) is 0 Å². The van der Waals surface area contributed by atoms with Gasteiger partial charge in [0.1, 0.15) is 5.50 Å². The standard InChI is InChI=1S/C13H15ClN2O4S/c1-7(6-20-2)11(17)16-13(21)15-10-5-8(14)3-4-9(10)12(18)19/h3-6,13,15,21H,1-2H3,(H,16,17)(H,18,19)/b7-6+/t13-/m0/s1. The van der Waals surface area contributed by atoms with E-state index in [1.165, 1.54) is 31.6 Å². The summed E-state index contributed by atoms with van der Waals surface area (Å²) in [6.45, 7) is 1.57. The van der Waals surface area contributed by atoms with Crippen molar-refractivity contribution in [2.75, 3.05) is 12.4 Å². The Bertz CT molecular complexity index is 577. The van der Waals surface area contributed by atoms with E-state index in [0.717, 1.165) is 0 Å². The third-order valence-electron chi connectivity index (χ3n) is 2.42. The van der Waals surface area contributed by atoms with Crippen molar-refractivity contribution in [1.29, 1.82) is 0 Å². The van der Waals surface area contributed by atoms with Crippen molar-refractivity contribution in [2.24, 2.45) is 0 Å². The summed E-state index contributed by atoms with van der Waals surface area (Å²) >= 11 is 9.98. The highest BCUT2D eigenvalue weighted by atomic mass is 35.5. The number of benzene rings is 1. The van der Waals surface area contributed by atoms with Crippen LogP contribution in [0.5, 0.6) is 0 Å². The van der Waals surface area contributed by atoms with Crippen LogP contribution >= 0.6 is 24.2 Å². The number of hydrogen-bond acceptors (Lipinski definition) is 5. The Labute approximate surface area is 132 Å². The Hall–Kier alpha value is -1.86. The molecule has 0 aliphatic heterocycles. The van der Waals surface area contributed by atoms with Gasteiger partial charge in [0.25, 0.3) is 5.91 Å². The lowest BCUT2D eigenvalue weighted by Gasteiger charge is -2.18. The second-order valence-corrected chi connectivity index (χ2v) is 5.00. The Morgan fingerprint density at radius 1 is 1.48 bits per heavy atom. The van der Waals surface area contributed by atoms with Gasteiger partial charge in [-0.2, -0.15) is 0 Å². The second kappa shape index (κ2) is 7.80. The molecule has 0 saturated heterocycles. The zero-order chi connectivity index (χ0) is 16.0. The van der Waals surface area contributed by atoms with E-state index in [2.05, 4.69) is 23.3 Å². The van der Waals surface area contributed by atoms with Crippen LogP contribution in [0.4, 0.5) is 5.69 Å². The summed E-state index contributed by atoms with van der Waals surface area (Å²) in [4.78, 5) is 22.8. The Morgan fingerprint density at radius 3 is 2.71 bits per heavy atom. The van der Waals surface area contributed by atoms with Crippen LogP contribution in [0.3, 0.4) is 0 Å². The lowest BCUT2D eigenvalue weighted by atomic mass is 10.2. The molecule has 8 heteroatoms. The molecule has 1 rings (SSSR count). The van der Waals surface area contributed by atoms with E-state index in [1.807, 2.05) is 0 Å². The number of rotatable bonds is 6. The molecule has 6 nitrogen and oxygen atoms in total. The second-order valence-electron chi connectivity index (χ2n) is 4.05. The van der Waals surface area contributed by atoms with E-state index in [0.29, 0.717) is 10.6 Å². The monoisotopic (exact) mass is 330 g/mol. The molecule has 0 heterocycles. The summed E-state index contributed by atoms with van der Waals surface area (Å²) in [6, 6.07) is 4.28. The normalized spacial score (nSPS) is 12.5. The molecule has 0 aliphatic carbocycles. The van der Waals surface area contributed by atoms with Crippen LogP contribution in [0.25, 0.3) is 0 Å². The van der Waals surface area contributed by atoms with Crippen molar-refractivity contribution in [2.45, 2.75) is 12.4 Å². The molecule has 0 unspecified atom stereocenters. The van der Waals surface area contributed by atoms with Crippen LogP contribution < -0.4 is 10.6 Å². The summed E-state index contributed by atoms with van der Waals surface area (Å²) in [6.07, 6.45) is 1.29. The highest BCUT2D eigenvalue weighted by Gasteiger charge is 2.15. The van der Waals surface area contributed by atoms with Gasteiger partial charge in [0.15, 0.2) is 0 Å². The molecule has 0 spiro atoms. The number of carboxylic acid groups (broad SMARTS) is 1. The average molecular weight is 331 g/mol. The zero-order valence-electron chi connectivity index (χ0n) is 11.4. The number of halogens is 1. The van der Waals surface area contributed by atoms with Gasteiger partial charge in [-0.05, 0) is 25.1 Å². The molecule has 1 amide bonds. The highest BCUT2D eigenvalue weighted by Crippen LogP contribution is 2.22. The first-order valence-electron chi connectivity index (χ1n) is 5.83. The van der Waals surface area contributed by atoms with Gasteiger partial charge in [-0.1, -0.05) is 11.6 Å². The van der Waals surface area contributed by atoms with Crippen LogP contribution in [-0.4, -0.2) is 29.6 Å². The molecule has 0 aliphatic rings. The number of hydrogen-bond donors (Lipinski definition) is 4. The predicted molar refractivity (Wildman–Crippen MR) is 83.7 cm³/mol. The number of carbonyl (C=O) groups is 2. The van der Waals surface area contributed by atoms with Gasteiger partial charge < -0.3 is 20.5 Å². The fourth-order valence-electron chi connectivity index (χ4n) is 1.47. The quantitative estimate of drug-likeness (QED) is 0.278. The van der Waals surface area contributed by atoms with Crippen molar-refractivity contribution < 1.29 is 19.4 Å². The molecular formula is C13H15ClN2O4S. The van der Waals surface area contributed by atoms with Crippen molar-refractivity contribution in [3.8, 4) is 0 Å². The van der Waals surface area contributed by atoms with Crippen molar-refractivity contribution >= 4 is 41.8 Å². The number of aromatic carboxylic acids is 1. The molecule has 0 fully saturated rings. The van der Waals surface area contributed by atoms with Gasteiger partial charge >= 0.3 is 5.97 Å². The molecule has 0 radical (unpaired) electrons. The van der Waals surface area contributed by atoms with E-state index in [4.69, 9.17) is 21.4 Å². The number of ether oxygens (including phenoxy) is 1. The summed E-state index contributed by atoms with van der Waals surface area (Å²) in [5.41, 5.74) is -0.169. The van der Waals surface area contributed by atoms with Gasteiger partial charge in [-0.25, -0.2) is 4.79 Å². The third kappa shape index (κ3) is 5.20. The number of anilines is 1. The van der Waals surface area contributed by atoms with Crippen LogP contribution in [0.2, 0.25) is 5.02 Å². The fraction of sp³-hybridized carbons (Fsp3) is 0.231. The Balaban J connectivity index is 2.82. The van der Waals surface area contributed by atoms with Crippen LogP contribution in [0.15, 0.2) is 30.0 Å². The molecule has 0 aromatic heterocycles. The van der Waals surface area contributed by atoms with Gasteiger partial charge in [0.05, 0.1) is 24.6 Å². The van der Waals surface area contributed by atoms with E-state index < -0.39 is 17.4 Å². The van der Waals surface area contributed by atoms with Crippen molar-refractivity contribution in [1.82, 2.24) is 5.32 Å². The first-order valence-corrected chi connectivity index (χ1v) is 6.72. The largest absolute Gasteiger partial charge is 0.504 e. The number of nitrogens with one attached hydrogen (secondary N) is 2. The molecule has 21 heavy (non-hydrogen) atoms. The van der Waals surface area contributed by atoms with Gasteiger partial charge in [-0.15, -0.1) is 12.6 Å². The molecule has 114 valence electrons. The molecule has 0 bridgehead atoms. The van der Waals surface area contributed by atoms with Crippen LogP contribution in [0, 0.1) is 0 Å². The first kappa shape index (κ1) is 17.2. The summed E-state index contributed by atoms with van der Waals surface area (Å²) < 4.78 is 4.73. The van der Waals surface area contributed by atoms with Crippen LogP contribution in [0.1, 0.15) is 17.3 Å². The topological polar surface area (TPSA) is 87.7 Å². The van der Waals surface area contributed by atoms with E-state index in [-0.39, 0.29) is 11.3 Å². The Morgan fingerprint density at radius 2 is 2.14 bits per heavy atom. The Kier molecular flexibility index (Phi) is 6.39. The highest BCUT2D eigenvalue weighted by molar-refractivity contribution is 7.81. The van der Waals surface area contributed by atoms with Gasteiger partial charge in [0, 0.05) is 10.6 Å². The smallest absolute Gasteiger partial charge is 0.337 e. The SMILES string of the molecule is CO/C=C(\C)C(=O)N[C@@H](S)Nc1cc(Cl)ccc1C(=O)O. The van der Waals surface area contributed by atoms with Gasteiger partial charge in [-0.3, -0.25) is 4.79 Å². The average Bonchev–Trinajstić information content (AvgIpc) is 2.38. The first-order chi connectivity index (χ1) is 9.85. The minimum atomic E-state index is -1.11. The molecular weight excluding hydrogens is 316 g/mol. The number of methoxy groups -OCH3 is 1. The third-order valence-corrected chi connectivity index (χ3v) is 2.92. The molecule has 1 atom stereocenters. The zero-order valence-corrected chi connectivity index (χ0v) is 13.0. The number of carboxylic acids is 1. The number of thiol groups is 1. The van der Waals surface area contributed by atoms with E-state index in [9.17, 15) is 9.59 Å². The molecule has 3 N–H and O–H groups in total. The summed E-state index contributed by atoms with van der Waals surface area (Å²) in [5, 5.41) is 14.7. The maximum absolute atomic E-state index is 11.7. The van der Waals surface area contributed by atoms with E-state index in [1.54, 1.807) is 6.92 Å². The lowest BCUT2D eigenvalue weighted by molar-refractivity contribution is -0.117. The fourth-order valence-corrected chi connectivity index (χ4v) is 1.90.